The van der Waals surface area contributed by atoms with E-state index in [0.717, 1.165) is 22.9 Å². The molecular formula is C19H18F3N5. The van der Waals surface area contributed by atoms with E-state index in [1.54, 1.807) is 0 Å². The zero-order valence-corrected chi connectivity index (χ0v) is 14.7. The molecule has 0 saturated heterocycles. The van der Waals surface area contributed by atoms with Crippen molar-refractivity contribution in [3.8, 4) is 0 Å². The lowest BCUT2D eigenvalue weighted by Crippen LogP contribution is -2.11. The third-order valence-electron chi connectivity index (χ3n) is 4.00. The SMILES string of the molecule is Cc1ccc(Nc2ncnc(Nc3ccccc3C(F)(F)F)c2N)c(C)c1. The van der Waals surface area contributed by atoms with Gasteiger partial charge in [0.2, 0.25) is 0 Å². The van der Waals surface area contributed by atoms with E-state index in [1.807, 2.05) is 32.0 Å². The molecule has 0 aliphatic heterocycles. The molecule has 0 saturated carbocycles. The van der Waals surface area contributed by atoms with Gasteiger partial charge in [-0.1, -0.05) is 29.8 Å². The summed E-state index contributed by atoms with van der Waals surface area (Å²) in [4.78, 5) is 8.08. The van der Waals surface area contributed by atoms with Crippen molar-refractivity contribution >= 4 is 28.7 Å². The van der Waals surface area contributed by atoms with E-state index < -0.39 is 11.7 Å². The van der Waals surface area contributed by atoms with E-state index in [0.29, 0.717) is 5.82 Å². The molecule has 4 N–H and O–H groups in total. The second kappa shape index (κ2) is 7.14. The first-order chi connectivity index (χ1) is 12.8. The molecule has 0 radical (unpaired) electrons. The van der Waals surface area contributed by atoms with Gasteiger partial charge in [-0.05, 0) is 37.6 Å². The average molecular weight is 373 g/mol. The maximum Gasteiger partial charge on any atom is 0.418 e. The Morgan fingerprint density at radius 2 is 1.52 bits per heavy atom. The lowest BCUT2D eigenvalue weighted by molar-refractivity contribution is -0.136. The summed E-state index contributed by atoms with van der Waals surface area (Å²) in [6.07, 6.45) is -3.26. The Labute approximate surface area is 154 Å². The van der Waals surface area contributed by atoms with E-state index in [1.165, 1.54) is 24.5 Å². The first-order valence-corrected chi connectivity index (χ1v) is 8.13. The Morgan fingerprint density at radius 1 is 0.889 bits per heavy atom. The van der Waals surface area contributed by atoms with Gasteiger partial charge in [0.1, 0.15) is 12.0 Å². The van der Waals surface area contributed by atoms with Crippen LogP contribution in [0.5, 0.6) is 0 Å². The molecule has 0 aliphatic rings. The number of anilines is 5. The van der Waals surface area contributed by atoms with Crippen LogP contribution in [-0.2, 0) is 6.18 Å². The minimum absolute atomic E-state index is 0.0916. The molecule has 8 heteroatoms. The number of aromatic nitrogens is 2. The van der Waals surface area contributed by atoms with Crippen molar-refractivity contribution < 1.29 is 13.2 Å². The summed E-state index contributed by atoms with van der Waals surface area (Å²) in [6.45, 7) is 3.92. The van der Waals surface area contributed by atoms with Crippen LogP contribution in [0.25, 0.3) is 0 Å². The van der Waals surface area contributed by atoms with Gasteiger partial charge >= 0.3 is 6.18 Å². The van der Waals surface area contributed by atoms with Crippen molar-refractivity contribution in [2.75, 3.05) is 16.4 Å². The van der Waals surface area contributed by atoms with Crippen LogP contribution < -0.4 is 16.4 Å². The molecule has 5 nitrogen and oxygen atoms in total. The second-order valence-electron chi connectivity index (χ2n) is 6.10. The number of nitrogens with one attached hydrogen (secondary N) is 2. The average Bonchev–Trinajstić information content (AvgIpc) is 2.60. The lowest BCUT2D eigenvalue weighted by atomic mass is 10.1. The van der Waals surface area contributed by atoms with E-state index >= 15 is 0 Å². The summed E-state index contributed by atoms with van der Waals surface area (Å²) in [5.74, 6) is 0.401. The van der Waals surface area contributed by atoms with Gasteiger partial charge in [-0.15, -0.1) is 0 Å². The van der Waals surface area contributed by atoms with E-state index in [2.05, 4.69) is 20.6 Å². The Hall–Kier alpha value is -3.29. The molecule has 27 heavy (non-hydrogen) atoms. The predicted octanol–water partition coefficient (Wildman–Crippen LogP) is 5.18. The smallest absolute Gasteiger partial charge is 0.393 e. The number of hydrogen-bond acceptors (Lipinski definition) is 5. The lowest BCUT2D eigenvalue weighted by Gasteiger charge is -2.16. The highest BCUT2D eigenvalue weighted by atomic mass is 19.4. The van der Waals surface area contributed by atoms with Crippen molar-refractivity contribution in [3.63, 3.8) is 0 Å². The number of aryl methyl sites for hydroxylation is 2. The van der Waals surface area contributed by atoms with Gasteiger partial charge in [0, 0.05) is 5.69 Å². The Kier molecular flexibility index (Phi) is 4.89. The highest BCUT2D eigenvalue weighted by molar-refractivity contribution is 5.81. The zero-order chi connectivity index (χ0) is 19.6. The largest absolute Gasteiger partial charge is 0.418 e. The van der Waals surface area contributed by atoms with Crippen LogP contribution in [0.4, 0.5) is 41.9 Å². The molecule has 3 aromatic rings. The molecule has 0 aliphatic carbocycles. The summed E-state index contributed by atoms with van der Waals surface area (Å²) in [6, 6.07) is 11.0. The number of rotatable bonds is 4. The molecule has 0 spiro atoms. The topological polar surface area (TPSA) is 75.9 Å². The number of nitrogens with two attached hydrogens (primary N) is 1. The normalized spacial score (nSPS) is 11.3. The summed E-state index contributed by atoms with van der Waals surface area (Å²) in [5.41, 5.74) is 8.18. The van der Waals surface area contributed by atoms with E-state index in [4.69, 9.17) is 5.73 Å². The molecule has 1 heterocycles. The van der Waals surface area contributed by atoms with Crippen LogP contribution in [0, 0.1) is 13.8 Å². The van der Waals surface area contributed by atoms with Gasteiger partial charge in [0.25, 0.3) is 0 Å². The molecule has 0 fully saturated rings. The molecule has 140 valence electrons. The number of benzene rings is 2. The third-order valence-corrected chi connectivity index (χ3v) is 4.00. The Morgan fingerprint density at radius 3 is 2.15 bits per heavy atom. The highest BCUT2D eigenvalue weighted by Crippen LogP contribution is 2.37. The highest BCUT2D eigenvalue weighted by Gasteiger charge is 2.33. The molecule has 2 aromatic carbocycles. The molecule has 3 rings (SSSR count). The quantitative estimate of drug-likeness (QED) is 0.587. The number of halogens is 3. The van der Waals surface area contributed by atoms with Gasteiger partial charge in [0.15, 0.2) is 11.6 Å². The fraction of sp³-hybridized carbons (Fsp3) is 0.158. The second-order valence-corrected chi connectivity index (χ2v) is 6.10. The molecule has 0 amide bonds. The number of alkyl halides is 3. The summed E-state index contributed by atoms with van der Waals surface area (Å²) >= 11 is 0. The first-order valence-electron chi connectivity index (χ1n) is 8.13. The minimum Gasteiger partial charge on any atom is -0.393 e. The molecular weight excluding hydrogens is 355 g/mol. The van der Waals surface area contributed by atoms with Crippen molar-refractivity contribution in [2.24, 2.45) is 0 Å². The Balaban J connectivity index is 1.92. The first kappa shape index (κ1) is 18.5. The fourth-order valence-electron chi connectivity index (χ4n) is 2.64. The van der Waals surface area contributed by atoms with Gasteiger partial charge in [-0.3, -0.25) is 0 Å². The standard InChI is InChI=1S/C19H18F3N5/c1-11-7-8-14(12(2)9-11)26-17-16(23)18(25-10-24-17)27-15-6-4-3-5-13(15)19(20,21)22/h3-10H,23H2,1-2H3,(H2,24,25,26,27). The maximum atomic E-state index is 13.2. The number of para-hydroxylation sites is 1. The zero-order valence-electron chi connectivity index (χ0n) is 14.7. The molecule has 1 aromatic heterocycles. The van der Waals surface area contributed by atoms with E-state index in [-0.39, 0.29) is 17.2 Å². The van der Waals surface area contributed by atoms with Gasteiger partial charge in [-0.2, -0.15) is 13.2 Å². The van der Waals surface area contributed by atoms with Crippen molar-refractivity contribution in [3.05, 3.63) is 65.5 Å². The maximum absolute atomic E-state index is 13.2. The monoisotopic (exact) mass is 373 g/mol. The van der Waals surface area contributed by atoms with Crippen molar-refractivity contribution in [2.45, 2.75) is 20.0 Å². The number of hydrogen-bond donors (Lipinski definition) is 3. The third kappa shape index (κ3) is 4.11. The van der Waals surface area contributed by atoms with Crippen LogP contribution in [-0.4, -0.2) is 9.97 Å². The fourth-order valence-corrected chi connectivity index (χ4v) is 2.64. The van der Waals surface area contributed by atoms with Crippen LogP contribution >= 0.6 is 0 Å². The molecule has 0 atom stereocenters. The molecule has 0 unspecified atom stereocenters. The summed E-state index contributed by atoms with van der Waals surface area (Å²) < 4.78 is 39.5. The van der Waals surface area contributed by atoms with Crippen molar-refractivity contribution in [1.29, 1.82) is 0 Å². The van der Waals surface area contributed by atoms with Crippen molar-refractivity contribution in [1.82, 2.24) is 9.97 Å². The van der Waals surface area contributed by atoms with Crippen LogP contribution in [0.15, 0.2) is 48.8 Å². The van der Waals surface area contributed by atoms with Gasteiger partial charge in [-0.25, -0.2) is 9.97 Å². The summed E-state index contributed by atoms with van der Waals surface area (Å²) in [5, 5.41) is 5.76. The van der Waals surface area contributed by atoms with Crippen LogP contribution in [0.2, 0.25) is 0 Å². The predicted molar refractivity (Wildman–Crippen MR) is 100 cm³/mol. The number of nitrogen functional groups attached to an aromatic ring is 1. The van der Waals surface area contributed by atoms with Gasteiger partial charge in [0.05, 0.1) is 11.3 Å². The summed E-state index contributed by atoms with van der Waals surface area (Å²) in [7, 11) is 0. The minimum atomic E-state index is -4.49. The molecule has 0 bridgehead atoms. The van der Waals surface area contributed by atoms with Gasteiger partial charge < -0.3 is 16.4 Å². The van der Waals surface area contributed by atoms with Crippen LogP contribution in [0.1, 0.15) is 16.7 Å². The van der Waals surface area contributed by atoms with E-state index in [9.17, 15) is 13.2 Å². The van der Waals surface area contributed by atoms with Crippen LogP contribution in [0.3, 0.4) is 0 Å². The number of nitrogens with zero attached hydrogens (tertiary/aromatic N) is 2. The Bertz CT molecular complexity index is 970.